The Labute approximate surface area is 91.1 Å². The standard InChI is InChI=1S/C11H20N4/c1-3-9-6-11(14(2)13-9)8-15-5-4-10(15)7-12/h6,10H,3-5,7-8,12H2,1-2H3. The molecule has 1 saturated heterocycles. The molecule has 1 fully saturated rings. The van der Waals surface area contributed by atoms with Gasteiger partial charge >= 0.3 is 0 Å². The van der Waals surface area contributed by atoms with Crippen molar-refractivity contribution in [3.05, 3.63) is 17.5 Å². The molecule has 84 valence electrons. The zero-order chi connectivity index (χ0) is 10.8. The van der Waals surface area contributed by atoms with Crippen molar-refractivity contribution in [1.82, 2.24) is 14.7 Å². The van der Waals surface area contributed by atoms with Gasteiger partial charge in [0.25, 0.3) is 0 Å². The molecule has 1 atom stereocenters. The lowest BCUT2D eigenvalue weighted by atomic mass is 10.0. The van der Waals surface area contributed by atoms with Gasteiger partial charge < -0.3 is 5.73 Å². The quantitative estimate of drug-likeness (QED) is 0.784. The first kappa shape index (κ1) is 10.6. The van der Waals surface area contributed by atoms with Crippen LogP contribution in [0.25, 0.3) is 0 Å². The zero-order valence-electron chi connectivity index (χ0n) is 9.61. The lowest BCUT2D eigenvalue weighted by Gasteiger charge is -2.40. The molecule has 1 aromatic heterocycles. The summed E-state index contributed by atoms with van der Waals surface area (Å²) in [5.74, 6) is 0. The number of hydrogen-bond donors (Lipinski definition) is 1. The Morgan fingerprint density at radius 2 is 2.40 bits per heavy atom. The highest BCUT2D eigenvalue weighted by Crippen LogP contribution is 2.19. The van der Waals surface area contributed by atoms with Gasteiger partial charge in [-0.1, -0.05) is 6.92 Å². The Morgan fingerprint density at radius 1 is 1.60 bits per heavy atom. The first-order valence-electron chi connectivity index (χ1n) is 5.70. The van der Waals surface area contributed by atoms with Gasteiger partial charge in [0.2, 0.25) is 0 Å². The Bertz CT molecular complexity index is 329. The highest BCUT2D eigenvalue weighted by molar-refractivity contribution is 5.10. The average Bonchev–Trinajstić information content (AvgIpc) is 2.55. The third kappa shape index (κ3) is 2.06. The smallest absolute Gasteiger partial charge is 0.0625 e. The van der Waals surface area contributed by atoms with E-state index in [1.807, 2.05) is 11.7 Å². The summed E-state index contributed by atoms with van der Waals surface area (Å²) in [5, 5.41) is 4.45. The summed E-state index contributed by atoms with van der Waals surface area (Å²) >= 11 is 0. The second-order valence-corrected chi connectivity index (χ2v) is 4.25. The molecule has 1 aromatic rings. The van der Waals surface area contributed by atoms with Gasteiger partial charge in [-0.05, 0) is 18.9 Å². The van der Waals surface area contributed by atoms with Crippen LogP contribution in [-0.4, -0.2) is 33.8 Å². The van der Waals surface area contributed by atoms with Gasteiger partial charge in [-0.3, -0.25) is 9.58 Å². The van der Waals surface area contributed by atoms with Gasteiger partial charge in [-0.25, -0.2) is 0 Å². The SMILES string of the molecule is CCc1cc(CN2CCC2CN)n(C)n1. The maximum Gasteiger partial charge on any atom is 0.0625 e. The van der Waals surface area contributed by atoms with E-state index in [0.717, 1.165) is 19.5 Å². The summed E-state index contributed by atoms with van der Waals surface area (Å²) in [7, 11) is 2.02. The van der Waals surface area contributed by atoms with Crippen molar-refractivity contribution in [3.8, 4) is 0 Å². The van der Waals surface area contributed by atoms with Crippen LogP contribution in [0.1, 0.15) is 24.7 Å². The maximum atomic E-state index is 5.68. The molecule has 15 heavy (non-hydrogen) atoms. The number of nitrogens with zero attached hydrogens (tertiary/aromatic N) is 3. The van der Waals surface area contributed by atoms with Crippen LogP contribution in [0, 0.1) is 0 Å². The van der Waals surface area contributed by atoms with Gasteiger partial charge in [0.15, 0.2) is 0 Å². The molecule has 4 heteroatoms. The van der Waals surface area contributed by atoms with Crippen molar-refractivity contribution in [2.45, 2.75) is 32.4 Å². The summed E-state index contributed by atoms with van der Waals surface area (Å²) in [6, 6.07) is 2.79. The molecule has 1 unspecified atom stereocenters. The van der Waals surface area contributed by atoms with E-state index in [1.165, 1.54) is 24.4 Å². The van der Waals surface area contributed by atoms with Crippen LogP contribution in [0.3, 0.4) is 0 Å². The molecule has 2 N–H and O–H groups in total. The number of hydrogen-bond acceptors (Lipinski definition) is 3. The van der Waals surface area contributed by atoms with E-state index in [0.29, 0.717) is 6.04 Å². The van der Waals surface area contributed by atoms with E-state index in [-0.39, 0.29) is 0 Å². The first-order valence-corrected chi connectivity index (χ1v) is 5.70. The monoisotopic (exact) mass is 208 g/mol. The normalized spacial score (nSPS) is 21.7. The van der Waals surface area contributed by atoms with Crippen LogP contribution in [0.4, 0.5) is 0 Å². The van der Waals surface area contributed by atoms with E-state index < -0.39 is 0 Å². The number of nitrogens with two attached hydrogens (primary N) is 1. The minimum absolute atomic E-state index is 0.588. The highest BCUT2D eigenvalue weighted by Gasteiger charge is 2.27. The van der Waals surface area contributed by atoms with Crippen molar-refractivity contribution in [3.63, 3.8) is 0 Å². The van der Waals surface area contributed by atoms with Crippen molar-refractivity contribution in [2.75, 3.05) is 13.1 Å². The second-order valence-electron chi connectivity index (χ2n) is 4.25. The first-order chi connectivity index (χ1) is 7.24. The largest absolute Gasteiger partial charge is 0.329 e. The number of rotatable bonds is 4. The van der Waals surface area contributed by atoms with E-state index in [2.05, 4.69) is 23.0 Å². The third-order valence-corrected chi connectivity index (χ3v) is 3.29. The zero-order valence-corrected chi connectivity index (χ0v) is 9.61. The molecule has 1 aliphatic heterocycles. The molecule has 0 spiro atoms. The van der Waals surface area contributed by atoms with Crippen LogP contribution in [-0.2, 0) is 20.0 Å². The fourth-order valence-electron chi connectivity index (χ4n) is 2.07. The summed E-state index contributed by atoms with van der Waals surface area (Å²) in [5.41, 5.74) is 8.16. The Morgan fingerprint density at radius 3 is 2.87 bits per heavy atom. The molecule has 0 saturated carbocycles. The molecule has 2 rings (SSSR count). The minimum atomic E-state index is 0.588. The van der Waals surface area contributed by atoms with E-state index in [9.17, 15) is 0 Å². The summed E-state index contributed by atoms with van der Waals surface area (Å²) in [6.45, 7) is 5.08. The van der Waals surface area contributed by atoms with E-state index in [1.54, 1.807) is 0 Å². The van der Waals surface area contributed by atoms with Gasteiger partial charge in [-0.2, -0.15) is 5.10 Å². The molecule has 0 radical (unpaired) electrons. The molecule has 0 bridgehead atoms. The summed E-state index contributed by atoms with van der Waals surface area (Å²) in [4.78, 5) is 2.43. The Hall–Kier alpha value is -0.870. The molecule has 0 amide bonds. The number of aryl methyl sites for hydroxylation is 2. The highest BCUT2D eigenvalue weighted by atomic mass is 15.3. The van der Waals surface area contributed by atoms with Gasteiger partial charge in [-0.15, -0.1) is 0 Å². The maximum absolute atomic E-state index is 5.68. The molecular formula is C11H20N4. The van der Waals surface area contributed by atoms with Crippen LogP contribution < -0.4 is 5.73 Å². The lowest BCUT2D eigenvalue weighted by molar-refractivity contribution is 0.0853. The summed E-state index contributed by atoms with van der Waals surface area (Å²) in [6.07, 6.45) is 2.25. The molecule has 1 aliphatic rings. The Balaban J connectivity index is 2.01. The fourth-order valence-corrected chi connectivity index (χ4v) is 2.07. The van der Waals surface area contributed by atoms with Gasteiger partial charge in [0.1, 0.15) is 0 Å². The van der Waals surface area contributed by atoms with Crippen molar-refractivity contribution < 1.29 is 0 Å². The van der Waals surface area contributed by atoms with Crippen LogP contribution in [0.5, 0.6) is 0 Å². The third-order valence-electron chi connectivity index (χ3n) is 3.29. The van der Waals surface area contributed by atoms with Crippen molar-refractivity contribution in [1.29, 1.82) is 0 Å². The van der Waals surface area contributed by atoms with Crippen molar-refractivity contribution >= 4 is 0 Å². The fraction of sp³-hybridized carbons (Fsp3) is 0.727. The van der Waals surface area contributed by atoms with E-state index >= 15 is 0 Å². The summed E-state index contributed by atoms with van der Waals surface area (Å²) < 4.78 is 1.99. The van der Waals surface area contributed by atoms with Crippen LogP contribution >= 0.6 is 0 Å². The predicted octanol–water partition coefficient (Wildman–Crippen LogP) is 0.516. The van der Waals surface area contributed by atoms with E-state index in [4.69, 9.17) is 5.73 Å². The van der Waals surface area contributed by atoms with Gasteiger partial charge in [0.05, 0.1) is 11.4 Å². The molecular weight excluding hydrogens is 188 g/mol. The van der Waals surface area contributed by atoms with Crippen LogP contribution in [0.15, 0.2) is 6.07 Å². The molecule has 4 nitrogen and oxygen atoms in total. The average molecular weight is 208 g/mol. The van der Waals surface area contributed by atoms with Crippen molar-refractivity contribution in [2.24, 2.45) is 12.8 Å². The van der Waals surface area contributed by atoms with Gasteiger partial charge in [0, 0.05) is 32.7 Å². The Kier molecular flexibility index (Phi) is 3.07. The topological polar surface area (TPSA) is 47.1 Å². The number of aromatic nitrogens is 2. The predicted molar refractivity (Wildman–Crippen MR) is 60.5 cm³/mol. The molecule has 0 aromatic carbocycles. The number of likely N-dealkylation sites (tertiary alicyclic amines) is 1. The van der Waals surface area contributed by atoms with Crippen LogP contribution in [0.2, 0.25) is 0 Å². The minimum Gasteiger partial charge on any atom is -0.329 e. The molecule has 0 aliphatic carbocycles. The molecule has 2 heterocycles. The lowest BCUT2D eigenvalue weighted by Crippen LogP contribution is -2.51. The second kappa shape index (κ2) is 4.33.